The molecule has 25 heavy (non-hydrogen) atoms. The van der Waals surface area contributed by atoms with Crippen molar-refractivity contribution in [3.63, 3.8) is 0 Å². The van der Waals surface area contributed by atoms with Crippen molar-refractivity contribution in [2.24, 2.45) is 4.99 Å². The quantitative estimate of drug-likeness (QED) is 0.350. The van der Waals surface area contributed by atoms with Gasteiger partial charge in [-0.1, -0.05) is 49.4 Å². The molecule has 0 aromatic heterocycles. The first-order chi connectivity index (χ1) is 12.2. The van der Waals surface area contributed by atoms with Crippen LogP contribution in [0.1, 0.15) is 30.5 Å². The summed E-state index contributed by atoms with van der Waals surface area (Å²) in [5, 5.41) is 17.5. The van der Waals surface area contributed by atoms with E-state index in [0.29, 0.717) is 24.6 Å². The van der Waals surface area contributed by atoms with Crippen LogP contribution in [0.25, 0.3) is 0 Å². The zero-order valence-electron chi connectivity index (χ0n) is 14.7. The van der Waals surface area contributed by atoms with Crippen LogP contribution >= 0.6 is 0 Å². The second-order valence-corrected chi connectivity index (χ2v) is 5.56. The Kier molecular flexibility index (Phi) is 6.95. The molecule has 0 fully saturated rings. The summed E-state index contributed by atoms with van der Waals surface area (Å²) < 4.78 is 0. The highest BCUT2D eigenvalue weighted by atomic mass is 16.6. The van der Waals surface area contributed by atoms with Gasteiger partial charge in [0.1, 0.15) is 0 Å². The monoisotopic (exact) mass is 340 g/mol. The van der Waals surface area contributed by atoms with Crippen LogP contribution in [0.3, 0.4) is 0 Å². The highest BCUT2D eigenvalue weighted by molar-refractivity contribution is 5.79. The topological polar surface area (TPSA) is 79.6 Å². The third-order valence-electron chi connectivity index (χ3n) is 3.89. The molecule has 2 N–H and O–H groups in total. The number of nitro benzene ring substituents is 1. The fourth-order valence-corrected chi connectivity index (χ4v) is 2.58. The van der Waals surface area contributed by atoms with Gasteiger partial charge in [0.25, 0.3) is 5.69 Å². The highest BCUT2D eigenvalue weighted by Crippen LogP contribution is 2.17. The van der Waals surface area contributed by atoms with Crippen LogP contribution in [0.15, 0.2) is 53.5 Å². The van der Waals surface area contributed by atoms with Gasteiger partial charge in [-0.05, 0) is 24.5 Å². The number of hydrogen-bond acceptors (Lipinski definition) is 3. The second kappa shape index (κ2) is 9.42. The van der Waals surface area contributed by atoms with Crippen LogP contribution in [0.4, 0.5) is 5.69 Å². The number of para-hydroxylation sites is 1. The molecule has 0 saturated heterocycles. The van der Waals surface area contributed by atoms with E-state index in [-0.39, 0.29) is 10.6 Å². The first-order valence-corrected chi connectivity index (χ1v) is 8.47. The van der Waals surface area contributed by atoms with E-state index in [1.807, 2.05) is 19.1 Å². The Morgan fingerprint density at radius 2 is 1.64 bits per heavy atom. The SMILES string of the molecule is CCNC(=NCc1ccccc1CC)NCc1ccccc1[N+](=O)[O-]. The van der Waals surface area contributed by atoms with E-state index in [4.69, 9.17) is 0 Å². The van der Waals surface area contributed by atoms with Crippen LogP contribution < -0.4 is 10.6 Å². The molecule has 2 aromatic carbocycles. The molecule has 0 atom stereocenters. The lowest BCUT2D eigenvalue weighted by molar-refractivity contribution is -0.385. The molecule has 6 nitrogen and oxygen atoms in total. The van der Waals surface area contributed by atoms with Crippen LogP contribution in [0.5, 0.6) is 0 Å². The normalized spacial score (nSPS) is 11.2. The van der Waals surface area contributed by atoms with Crippen molar-refractivity contribution in [2.75, 3.05) is 6.54 Å². The molecule has 132 valence electrons. The Balaban J connectivity index is 2.09. The Labute approximate surface area is 148 Å². The minimum atomic E-state index is -0.363. The smallest absolute Gasteiger partial charge is 0.274 e. The summed E-state index contributed by atoms with van der Waals surface area (Å²) in [5.74, 6) is 0.645. The van der Waals surface area contributed by atoms with E-state index in [1.165, 1.54) is 17.2 Å². The molecule has 0 unspecified atom stereocenters. The first-order valence-electron chi connectivity index (χ1n) is 8.47. The van der Waals surface area contributed by atoms with Gasteiger partial charge in [0.15, 0.2) is 5.96 Å². The maximum atomic E-state index is 11.1. The van der Waals surface area contributed by atoms with E-state index in [1.54, 1.807) is 18.2 Å². The summed E-state index contributed by atoms with van der Waals surface area (Å²) in [7, 11) is 0. The average molecular weight is 340 g/mol. The molecule has 0 saturated carbocycles. The molecule has 2 aromatic rings. The molecule has 0 amide bonds. The largest absolute Gasteiger partial charge is 0.357 e. The maximum Gasteiger partial charge on any atom is 0.274 e. The fourth-order valence-electron chi connectivity index (χ4n) is 2.58. The first kappa shape index (κ1) is 18.4. The molecule has 0 aliphatic heterocycles. The number of nitro groups is 1. The van der Waals surface area contributed by atoms with Gasteiger partial charge in [0.05, 0.1) is 11.5 Å². The lowest BCUT2D eigenvalue weighted by Gasteiger charge is -2.12. The van der Waals surface area contributed by atoms with E-state index in [0.717, 1.165) is 13.0 Å². The van der Waals surface area contributed by atoms with Crippen LogP contribution in [-0.2, 0) is 19.5 Å². The summed E-state index contributed by atoms with van der Waals surface area (Å²) in [6.07, 6.45) is 0.964. The van der Waals surface area contributed by atoms with Crippen molar-refractivity contribution >= 4 is 11.6 Å². The van der Waals surface area contributed by atoms with Crippen LogP contribution in [0, 0.1) is 10.1 Å². The maximum absolute atomic E-state index is 11.1. The predicted octanol–water partition coefficient (Wildman–Crippen LogP) is 3.41. The van der Waals surface area contributed by atoms with E-state index < -0.39 is 0 Å². The summed E-state index contributed by atoms with van der Waals surface area (Å²) in [5.41, 5.74) is 3.21. The zero-order chi connectivity index (χ0) is 18.1. The fraction of sp³-hybridized carbons (Fsp3) is 0.316. The number of nitrogens with one attached hydrogen (secondary N) is 2. The van der Waals surface area contributed by atoms with E-state index >= 15 is 0 Å². The predicted molar refractivity (Wildman–Crippen MR) is 101 cm³/mol. The lowest BCUT2D eigenvalue weighted by Crippen LogP contribution is -2.36. The van der Waals surface area contributed by atoms with Gasteiger partial charge in [0.2, 0.25) is 0 Å². The summed E-state index contributed by atoms with van der Waals surface area (Å²) in [4.78, 5) is 15.3. The third-order valence-corrected chi connectivity index (χ3v) is 3.89. The summed E-state index contributed by atoms with van der Waals surface area (Å²) in [6, 6.07) is 15.0. The zero-order valence-corrected chi connectivity index (χ0v) is 14.7. The van der Waals surface area contributed by atoms with E-state index in [9.17, 15) is 10.1 Å². The van der Waals surface area contributed by atoms with E-state index in [2.05, 4.69) is 34.7 Å². The summed E-state index contributed by atoms with van der Waals surface area (Å²) in [6.45, 7) is 5.75. The third kappa shape index (κ3) is 5.31. The highest BCUT2D eigenvalue weighted by Gasteiger charge is 2.12. The minimum absolute atomic E-state index is 0.113. The van der Waals surface area contributed by atoms with Crippen molar-refractivity contribution in [3.05, 3.63) is 75.3 Å². The van der Waals surface area contributed by atoms with Crippen molar-refractivity contribution in [2.45, 2.75) is 33.4 Å². The Morgan fingerprint density at radius 3 is 2.28 bits per heavy atom. The number of benzene rings is 2. The molecule has 2 rings (SSSR count). The lowest BCUT2D eigenvalue weighted by atomic mass is 10.1. The molecule has 0 aliphatic carbocycles. The number of rotatable bonds is 7. The Morgan fingerprint density at radius 1 is 1.00 bits per heavy atom. The number of nitrogens with zero attached hydrogens (tertiary/aromatic N) is 2. The molecule has 0 radical (unpaired) electrons. The Hall–Kier alpha value is -2.89. The minimum Gasteiger partial charge on any atom is -0.357 e. The van der Waals surface area contributed by atoms with Crippen molar-refractivity contribution in [1.82, 2.24) is 10.6 Å². The van der Waals surface area contributed by atoms with Gasteiger partial charge in [-0.3, -0.25) is 10.1 Å². The van der Waals surface area contributed by atoms with Crippen LogP contribution in [0.2, 0.25) is 0 Å². The molecular weight excluding hydrogens is 316 g/mol. The molecular formula is C19H24N4O2. The number of aryl methyl sites for hydroxylation is 1. The molecule has 0 spiro atoms. The standard InChI is InChI=1S/C19H24N4O2/c1-3-15-9-5-6-10-16(15)13-21-19(20-4-2)22-14-17-11-7-8-12-18(17)23(24)25/h5-12H,3-4,13-14H2,1-2H3,(H2,20,21,22). The number of aliphatic imine (C=N–C) groups is 1. The molecule has 0 heterocycles. The van der Waals surface area contributed by atoms with Gasteiger partial charge < -0.3 is 10.6 Å². The van der Waals surface area contributed by atoms with Crippen molar-refractivity contribution < 1.29 is 4.92 Å². The Bertz CT molecular complexity index is 744. The average Bonchev–Trinajstić information content (AvgIpc) is 2.64. The van der Waals surface area contributed by atoms with Gasteiger partial charge in [-0.15, -0.1) is 0 Å². The number of hydrogen-bond donors (Lipinski definition) is 2. The van der Waals surface area contributed by atoms with Crippen molar-refractivity contribution in [1.29, 1.82) is 0 Å². The van der Waals surface area contributed by atoms with Gasteiger partial charge in [0, 0.05) is 24.7 Å². The summed E-state index contributed by atoms with van der Waals surface area (Å²) >= 11 is 0. The van der Waals surface area contributed by atoms with Gasteiger partial charge in [-0.25, -0.2) is 4.99 Å². The number of guanidine groups is 1. The second-order valence-electron chi connectivity index (χ2n) is 5.56. The molecule has 0 bridgehead atoms. The molecule has 0 aliphatic rings. The van der Waals surface area contributed by atoms with Crippen LogP contribution in [-0.4, -0.2) is 17.4 Å². The molecule has 6 heteroatoms. The van der Waals surface area contributed by atoms with Crippen molar-refractivity contribution in [3.8, 4) is 0 Å². The van der Waals surface area contributed by atoms with Gasteiger partial charge >= 0.3 is 0 Å². The van der Waals surface area contributed by atoms with Gasteiger partial charge in [-0.2, -0.15) is 0 Å².